The predicted octanol–water partition coefficient (Wildman–Crippen LogP) is 3.47. The number of nitrogens with zero attached hydrogens (tertiary/aromatic N) is 4. The molecule has 1 aliphatic heterocycles. The third-order valence-corrected chi connectivity index (χ3v) is 4.26. The second-order valence-electron chi connectivity index (χ2n) is 5.58. The first-order valence-corrected chi connectivity index (χ1v) is 7.92. The van der Waals surface area contributed by atoms with E-state index in [1.165, 1.54) is 18.3 Å². The van der Waals surface area contributed by atoms with Gasteiger partial charge in [-0.15, -0.1) is 0 Å². The van der Waals surface area contributed by atoms with Crippen LogP contribution >= 0.6 is 11.6 Å². The maximum absolute atomic E-state index is 13.0. The smallest absolute Gasteiger partial charge is 0.353 e. The molecule has 4 nitrogen and oxygen atoms in total. The number of halogens is 4. The van der Waals surface area contributed by atoms with Crippen LogP contribution in [0.25, 0.3) is 0 Å². The SMILES string of the molecule is FC(F)(F)c1ncccc1CN1CCN(c2ncccc2Cl)CC1. The van der Waals surface area contributed by atoms with Gasteiger partial charge in [-0.05, 0) is 23.8 Å². The lowest BCUT2D eigenvalue weighted by Crippen LogP contribution is -2.46. The van der Waals surface area contributed by atoms with Crippen LogP contribution in [0.5, 0.6) is 0 Å². The van der Waals surface area contributed by atoms with Crippen LogP contribution in [0.4, 0.5) is 19.0 Å². The van der Waals surface area contributed by atoms with E-state index in [0.29, 0.717) is 31.2 Å². The Morgan fingerprint density at radius 3 is 2.33 bits per heavy atom. The van der Waals surface area contributed by atoms with E-state index in [2.05, 4.69) is 9.97 Å². The van der Waals surface area contributed by atoms with Crippen LogP contribution in [-0.4, -0.2) is 41.0 Å². The highest BCUT2D eigenvalue weighted by Crippen LogP contribution is 2.31. The molecular formula is C16H16ClF3N4. The van der Waals surface area contributed by atoms with E-state index in [4.69, 9.17) is 11.6 Å². The van der Waals surface area contributed by atoms with E-state index in [0.717, 1.165) is 5.82 Å². The molecule has 0 amide bonds. The number of piperazine rings is 1. The topological polar surface area (TPSA) is 32.3 Å². The fourth-order valence-corrected chi connectivity index (χ4v) is 3.03. The summed E-state index contributed by atoms with van der Waals surface area (Å²) in [6, 6.07) is 6.57. The zero-order chi connectivity index (χ0) is 17.2. The summed E-state index contributed by atoms with van der Waals surface area (Å²) >= 11 is 6.14. The first kappa shape index (κ1) is 17.0. The molecule has 24 heavy (non-hydrogen) atoms. The summed E-state index contributed by atoms with van der Waals surface area (Å²) in [5.41, 5.74) is -0.602. The Bertz CT molecular complexity index is 700. The summed E-state index contributed by atoms with van der Waals surface area (Å²) in [6.45, 7) is 2.83. The number of hydrogen-bond donors (Lipinski definition) is 0. The Hall–Kier alpha value is -1.86. The van der Waals surface area contributed by atoms with Gasteiger partial charge in [0.15, 0.2) is 0 Å². The maximum Gasteiger partial charge on any atom is 0.433 e. The zero-order valence-electron chi connectivity index (χ0n) is 12.8. The standard InChI is InChI=1S/C16H16ClF3N4/c17-13-4-2-6-22-15(13)24-9-7-23(8-10-24)11-12-3-1-5-21-14(12)16(18,19)20/h1-6H,7-11H2. The molecule has 3 rings (SSSR count). The fourth-order valence-electron chi connectivity index (χ4n) is 2.79. The van der Waals surface area contributed by atoms with Crippen molar-refractivity contribution in [3.8, 4) is 0 Å². The summed E-state index contributed by atoms with van der Waals surface area (Å²) in [6.07, 6.45) is -1.58. The van der Waals surface area contributed by atoms with Gasteiger partial charge in [-0.1, -0.05) is 17.7 Å². The van der Waals surface area contributed by atoms with Crippen molar-refractivity contribution in [2.45, 2.75) is 12.7 Å². The largest absolute Gasteiger partial charge is 0.433 e. The second kappa shape index (κ2) is 6.94. The van der Waals surface area contributed by atoms with Crippen LogP contribution in [0.1, 0.15) is 11.3 Å². The number of pyridine rings is 2. The molecule has 1 saturated heterocycles. The molecule has 1 fully saturated rings. The van der Waals surface area contributed by atoms with Crippen molar-refractivity contribution in [3.63, 3.8) is 0 Å². The Kier molecular flexibility index (Phi) is 4.91. The minimum atomic E-state index is -4.43. The van der Waals surface area contributed by atoms with Crippen molar-refractivity contribution in [1.29, 1.82) is 0 Å². The molecule has 0 N–H and O–H groups in total. The summed E-state index contributed by atoms with van der Waals surface area (Å²) < 4.78 is 39.1. The molecule has 1 aliphatic rings. The van der Waals surface area contributed by atoms with Crippen LogP contribution in [-0.2, 0) is 12.7 Å². The van der Waals surface area contributed by atoms with Gasteiger partial charge < -0.3 is 4.90 Å². The molecule has 0 radical (unpaired) electrons. The number of alkyl halides is 3. The van der Waals surface area contributed by atoms with Crippen LogP contribution in [0.15, 0.2) is 36.7 Å². The lowest BCUT2D eigenvalue weighted by Gasteiger charge is -2.35. The van der Waals surface area contributed by atoms with Crippen molar-refractivity contribution in [2.24, 2.45) is 0 Å². The Balaban J connectivity index is 1.66. The van der Waals surface area contributed by atoms with E-state index in [9.17, 15) is 13.2 Å². The van der Waals surface area contributed by atoms with E-state index in [-0.39, 0.29) is 12.1 Å². The molecular weight excluding hydrogens is 341 g/mol. The molecule has 8 heteroatoms. The van der Waals surface area contributed by atoms with Crippen LogP contribution in [0.3, 0.4) is 0 Å². The number of anilines is 1. The van der Waals surface area contributed by atoms with Gasteiger partial charge in [0.25, 0.3) is 0 Å². The van der Waals surface area contributed by atoms with Gasteiger partial charge in [0.1, 0.15) is 11.5 Å². The normalized spacial score (nSPS) is 16.4. The summed E-state index contributed by atoms with van der Waals surface area (Å²) in [5.74, 6) is 0.719. The van der Waals surface area contributed by atoms with E-state index in [1.54, 1.807) is 18.3 Å². The first-order chi connectivity index (χ1) is 11.4. The first-order valence-electron chi connectivity index (χ1n) is 7.54. The van der Waals surface area contributed by atoms with Crippen molar-refractivity contribution >= 4 is 17.4 Å². The molecule has 2 aromatic heterocycles. The van der Waals surface area contributed by atoms with Gasteiger partial charge in [0, 0.05) is 45.1 Å². The highest BCUT2D eigenvalue weighted by molar-refractivity contribution is 6.32. The lowest BCUT2D eigenvalue weighted by atomic mass is 10.1. The monoisotopic (exact) mass is 356 g/mol. The molecule has 0 saturated carbocycles. The summed E-state index contributed by atoms with van der Waals surface area (Å²) in [7, 11) is 0. The maximum atomic E-state index is 13.0. The number of rotatable bonds is 3. The van der Waals surface area contributed by atoms with E-state index >= 15 is 0 Å². The second-order valence-corrected chi connectivity index (χ2v) is 5.99. The van der Waals surface area contributed by atoms with Gasteiger partial charge in [0.2, 0.25) is 0 Å². The molecule has 0 aromatic carbocycles. The quantitative estimate of drug-likeness (QED) is 0.843. The van der Waals surface area contributed by atoms with Gasteiger partial charge in [-0.25, -0.2) is 4.98 Å². The van der Waals surface area contributed by atoms with Gasteiger partial charge in [0.05, 0.1) is 5.02 Å². The van der Waals surface area contributed by atoms with Gasteiger partial charge in [-0.2, -0.15) is 13.2 Å². The Labute approximate surface area is 142 Å². The molecule has 128 valence electrons. The minimum Gasteiger partial charge on any atom is -0.353 e. The lowest BCUT2D eigenvalue weighted by molar-refractivity contribution is -0.142. The van der Waals surface area contributed by atoms with E-state index < -0.39 is 11.9 Å². The molecule has 0 spiro atoms. The summed E-state index contributed by atoms with van der Waals surface area (Å²) in [5, 5.41) is 0.581. The Morgan fingerprint density at radius 2 is 1.67 bits per heavy atom. The molecule has 0 aliphatic carbocycles. The van der Waals surface area contributed by atoms with Gasteiger partial charge in [-0.3, -0.25) is 9.88 Å². The average molecular weight is 357 g/mol. The minimum absolute atomic E-state index is 0.203. The number of aromatic nitrogens is 2. The number of hydrogen-bond acceptors (Lipinski definition) is 4. The molecule has 2 aromatic rings. The highest BCUT2D eigenvalue weighted by atomic mass is 35.5. The fraction of sp³-hybridized carbons (Fsp3) is 0.375. The van der Waals surface area contributed by atoms with Crippen LogP contribution in [0, 0.1) is 0 Å². The third-order valence-electron chi connectivity index (χ3n) is 3.96. The average Bonchev–Trinajstić information content (AvgIpc) is 2.56. The van der Waals surface area contributed by atoms with Crippen molar-refractivity contribution in [1.82, 2.24) is 14.9 Å². The van der Waals surface area contributed by atoms with Gasteiger partial charge >= 0.3 is 6.18 Å². The van der Waals surface area contributed by atoms with Crippen molar-refractivity contribution in [3.05, 3.63) is 52.9 Å². The van der Waals surface area contributed by atoms with Crippen molar-refractivity contribution < 1.29 is 13.2 Å². The van der Waals surface area contributed by atoms with Crippen LogP contribution < -0.4 is 4.90 Å². The molecule has 0 bridgehead atoms. The molecule has 0 atom stereocenters. The summed E-state index contributed by atoms with van der Waals surface area (Å²) in [4.78, 5) is 11.8. The third kappa shape index (κ3) is 3.79. The van der Waals surface area contributed by atoms with E-state index in [1.807, 2.05) is 9.80 Å². The van der Waals surface area contributed by atoms with Crippen molar-refractivity contribution in [2.75, 3.05) is 31.1 Å². The highest BCUT2D eigenvalue weighted by Gasteiger charge is 2.35. The molecule has 0 unspecified atom stereocenters. The molecule has 3 heterocycles. The zero-order valence-corrected chi connectivity index (χ0v) is 13.6. The van der Waals surface area contributed by atoms with Crippen LogP contribution in [0.2, 0.25) is 5.02 Å². The Morgan fingerprint density at radius 1 is 1.00 bits per heavy atom. The predicted molar refractivity (Wildman–Crippen MR) is 86.0 cm³/mol.